The quantitative estimate of drug-likeness (QED) is 0.574. The van der Waals surface area contributed by atoms with Crippen LogP contribution in [0.25, 0.3) is 0 Å². The lowest BCUT2D eigenvalue weighted by Crippen LogP contribution is -2.42. The van der Waals surface area contributed by atoms with Gasteiger partial charge in [-0.3, -0.25) is 19.8 Å². The number of fused-ring (bicyclic) bond motifs is 2. The molecule has 2 N–H and O–H groups in total. The summed E-state index contributed by atoms with van der Waals surface area (Å²) in [5, 5.41) is 7.62. The van der Waals surface area contributed by atoms with E-state index in [4.69, 9.17) is 9.98 Å². The highest BCUT2D eigenvalue weighted by Gasteiger charge is 2.36. The number of rotatable bonds is 6. The first-order valence-corrected chi connectivity index (χ1v) is 16.0. The maximum atomic E-state index is 5.11. The van der Waals surface area contributed by atoms with E-state index in [2.05, 4.69) is 44.7 Å². The molecule has 2 aliphatic carbocycles. The minimum absolute atomic E-state index is 0.574. The number of hydrogen-bond donors (Lipinski definition) is 2. The van der Waals surface area contributed by atoms with Gasteiger partial charge in [0.25, 0.3) is 0 Å². The van der Waals surface area contributed by atoms with Crippen molar-refractivity contribution in [3.05, 3.63) is 35.4 Å². The largest absolute Gasteiger partial charge is 0.369 e. The van der Waals surface area contributed by atoms with E-state index < -0.39 is 0 Å². The molecule has 4 fully saturated rings. The van der Waals surface area contributed by atoms with Gasteiger partial charge in [-0.2, -0.15) is 0 Å². The maximum absolute atomic E-state index is 5.11. The average molecular weight is 517 g/mol. The van der Waals surface area contributed by atoms with Crippen LogP contribution in [0.4, 0.5) is 0 Å². The molecular formula is C32H48N6. The predicted molar refractivity (Wildman–Crippen MR) is 156 cm³/mol. The number of nitrogens with one attached hydrogen (secondary N) is 2. The van der Waals surface area contributed by atoms with E-state index in [9.17, 15) is 0 Å². The third-order valence-corrected chi connectivity index (χ3v) is 10.5. The normalized spacial score (nSPS) is 33.2. The fourth-order valence-corrected chi connectivity index (χ4v) is 8.12. The van der Waals surface area contributed by atoms with E-state index in [1.165, 1.54) is 126 Å². The molecule has 1 aromatic carbocycles. The summed E-state index contributed by atoms with van der Waals surface area (Å²) < 4.78 is 0. The van der Waals surface area contributed by atoms with E-state index in [1.54, 1.807) is 0 Å². The number of aliphatic imine (C=N–C) groups is 2. The van der Waals surface area contributed by atoms with Crippen LogP contribution in [0.3, 0.4) is 0 Å². The first kappa shape index (κ1) is 25.1. The first-order valence-electron chi connectivity index (χ1n) is 16.0. The molecule has 0 radical (unpaired) electrons. The van der Waals surface area contributed by atoms with Crippen LogP contribution in [-0.4, -0.2) is 71.8 Å². The molecule has 1 aromatic rings. The monoisotopic (exact) mass is 516 g/mol. The average Bonchev–Trinajstić information content (AvgIpc) is 3.60. The molecule has 206 valence electrons. The van der Waals surface area contributed by atoms with Gasteiger partial charge >= 0.3 is 0 Å². The molecule has 2 saturated heterocycles. The Hall–Kier alpha value is -1.92. The lowest BCUT2D eigenvalue weighted by atomic mass is 9.91. The van der Waals surface area contributed by atoms with Crippen LogP contribution in [0.15, 0.2) is 34.3 Å². The van der Waals surface area contributed by atoms with Gasteiger partial charge in [0, 0.05) is 37.0 Å². The van der Waals surface area contributed by atoms with Crippen LogP contribution >= 0.6 is 0 Å². The van der Waals surface area contributed by atoms with E-state index in [0.717, 1.165) is 13.1 Å². The van der Waals surface area contributed by atoms with Crippen molar-refractivity contribution in [3.8, 4) is 0 Å². The number of piperidine rings is 2. The van der Waals surface area contributed by atoms with Gasteiger partial charge in [-0.05, 0) is 88.7 Å². The SMILES string of the molecule is c1cc(CN2CCC(C3=N[C@@H]4CCCC[C@H]4N3)CC2)ccc1CN1CCC(C2=N[C@H]3CCCC[C@@H]3N2)CC1. The Balaban J connectivity index is 0.842. The lowest BCUT2D eigenvalue weighted by Gasteiger charge is -2.33. The second-order valence-electron chi connectivity index (χ2n) is 13.2. The van der Waals surface area contributed by atoms with Crippen molar-refractivity contribution in [2.75, 3.05) is 26.2 Å². The van der Waals surface area contributed by atoms with Gasteiger partial charge < -0.3 is 10.6 Å². The fraction of sp³-hybridized carbons (Fsp3) is 0.750. The lowest BCUT2D eigenvalue weighted by molar-refractivity contribution is 0.199. The molecule has 6 nitrogen and oxygen atoms in total. The molecule has 0 unspecified atom stereocenters. The molecule has 38 heavy (non-hydrogen) atoms. The number of benzene rings is 1. The molecule has 6 heteroatoms. The zero-order valence-electron chi connectivity index (χ0n) is 23.3. The van der Waals surface area contributed by atoms with E-state index in [0.29, 0.717) is 36.0 Å². The Morgan fingerprint density at radius 2 is 0.947 bits per heavy atom. The standard InChI is InChI=1S/C32H48N6/c1-2-6-28-27(5-1)33-31(34-28)25-13-17-37(18-14-25)21-23-9-11-24(12-10-23)22-38-19-15-26(16-20-38)32-35-29-7-3-4-8-30(29)36-32/h9-12,25-30H,1-8,13-22H2,(H,33,34)(H,35,36)/t27-,28-,29+,30+. The van der Waals surface area contributed by atoms with Gasteiger partial charge in [0.05, 0.1) is 12.1 Å². The molecule has 4 heterocycles. The van der Waals surface area contributed by atoms with Crippen LogP contribution in [0, 0.1) is 11.8 Å². The number of amidine groups is 2. The summed E-state index contributed by atoms with van der Waals surface area (Å²) in [6.45, 7) is 6.94. The number of hydrogen-bond acceptors (Lipinski definition) is 6. The van der Waals surface area contributed by atoms with Crippen molar-refractivity contribution in [2.45, 2.75) is 114 Å². The summed E-state index contributed by atoms with van der Waals surface area (Å²) in [5.74, 6) is 4.01. The Morgan fingerprint density at radius 3 is 1.34 bits per heavy atom. The zero-order valence-corrected chi connectivity index (χ0v) is 23.3. The molecule has 0 spiro atoms. The van der Waals surface area contributed by atoms with Gasteiger partial charge in [-0.25, -0.2) is 0 Å². The van der Waals surface area contributed by atoms with Crippen molar-refractivity contribution in [1.82, 2.24) is 20.4 Å². The molecule has 6 aliphatic rings. The van der Waals surface area contributed by atoms with Crippen LogP contribution in [-0.2, 0) is 13.1 Å². The number of likely N-dealkylation sites (tertiary alicyclic amines) is 2. The molecule has 2 saturated carbocycles. The molecule has 0 amide bonds. The topological polar surface area (TPSA) is 55.3 Å². The molecule has 4 aliphatic heterocycles. The molecule has 4 atom stereocenters. The highest BCUT2D eigenvalue weighted by atomic mass is 15.2. The van der Waals surface area contributed by atoms with Crippen molar-refractivity contribution >= 4 is 11.7 Å². The smallest absolute Gasteiger partial charge is 0.100 e. The van der Waals surface area contributed by atoms with Crippen molar-refractivity contribution in [1.29, 1.82) is 0 Å². The minimum atomic E-state index is 0.574. The Bertz CT molecular complexity index is 920. The fourth-order valence-electron chi connectivity index (χ4n) is 8.12. The minimum Gasteiger partial charge on any atom is -0.369 e. The van der Waals surface area contributed by atoms with Gasteiger partial charge in [0.2, 0.25) is 0 Å². The highest BCUT2D eigenvalue weighted by molar-refractivity contribution is 5.87. The molecule has 7 rings (SSSR count). The summed E-state index contributed by atoms with van der Waals surface area (Å²) in [4.78, 5) is 15.5. The van der Waals surface area contributed by atoms with Crippen molar-refractivity contribution < 1.29 is 0 Å². The van der Waals surface area contributed by atoms with Crippen molar-refractivity contribution in [3.63, 3.8) is 0 Å². The van der Waals surface area contributed by atoms with E-state index in [1.807, 2.05) is 0 Å². The zero-order chi connectivity index (χ0) is 25.3. The Kier molecular flexibility index (Phi) is 7.45. The van der Waals surface area contributed by atoms with Gasteiger partial charge in [0.1, 0.15) is 11.7 Å². The van der Waals surface area contributed by atoms with E-state index in [-0.39, 0.29) is 0 Å². The van der Waals surface area contributed by atoms with Gasteiger partial charge in [-0.1, -0.05) is 49.9 Å². The van der Waals surface area contributed by atoms with Gasteiger partial charge in [-0.15, -0.1) is 0 Å². The summed E-state index contributed by atoms with van der Waals surface area (Å²) in [6.07, 6.45) is 15.7. The maximum Gasteiger partial charge on any atom is 0.100 e. The Morgan fingerprint density at radius 1 is 0.553 bits per heavy atom. The summed E-state index contributed by atoms with van der Waals surface area (Å²) >= 11 is 0. The second kappa shape index (κ2) is 11.3. The highest BCUT2D eigenvalue weighted by Crippen LogP contribution is 2.31. The molecule has 0 aromatic heterocycles. The molecular weight excluding hydrogens is 468 g/mol. The van der Waals surface area contributed by atoms with Crippen LogP contribution in [0.5, 0.6) is 0 Å². The first-order chi connectivity index (χ1) is 18.8. The summed E-state index contributed by atoms with van der Waals surface area (Å²) in [7, 11) is 0. The summed E-state index contributed by atoms with van der Waals surface area (Å²) in [6, 6.07) is 11.9. The molecule has 0 bridgehead atoms. The van der Waals surface area contributed by atoms with Crippen LogP contribution < -0.4 is 10.6 Å². The third kappa shape index (κ3) is 5.54. The Labute approximate surface area is 229 Å². The second-order valence-corrected chi connectivity index (χ2v) is 13.2. The third-order valence-electron chi connectivity index (χ3n) is 10.5. The van der Waals surface area contributed by atoms with Crippen LogP contribution in [0.2, 0.25) is 0 Å². The number of nitrogens with zero attached hydrogens (tertiary/aromatic N) is 4. The predicted octanol–water partition coefficient (Wildman–Crippen LogP) is 4.74. The van der Waals surface area contributed by atoms with Crippen LogP contribution in [0.1, 0.15) is 88.2 Å². The summed E-state index contributed by atoms with van der Waals surface area (Å²) in [5.41, 5.74) is 2.92. The van der Waals surface area contributed by atoms with Crippen molar-refractivity contribution in [2.24, 2.45) is 21.8 Å². The van der Waals surface area contributed by atoms with E-state index >= 15 is 0 Å². The van der Waals surface area contributed by atoms with Gasteiger partial charge in [0.15, 0.2) is 0 Å².